The van der Waals surface area contributed by atoms with Gasteiger partial charge in [-0.05, 0) is 31.5 Å². The number of hydrogen-bond donors (Lipinski definition) is 1. The number of benzene rings is 1. The Morgan fingerprint density at radius 3 is 2.92 bits per heavy atom. The van der Waals surface area contributed by atoms with Gasteiger partial charge in [0, 0.05) is 30.2 Å². The summed E-state index contributed by atoms with van der Waals surface area (Å²) in [4.78, 5) is 14.8. The van der Waals surface area contributed by atoms with Crippen molar-refractivity contribution in [3.8, 4) is 0 Å². The van der Waals surface area contributed by atoms with Gasteiger partial charge in [-0.15, -0.1) is 12.4 Å². The van der Waals surface area contributed by atoms with Gasteiger partial charge in [0.1, 0.15) is 5.76 Å². The molecule has 1 saturated heterocycles. The zero-order chi connectivity index (χ0) is 16.4. The number of rotatable bonds is 3. The van der Waals surface area contributed by atoms with Gasteiger partial charge in [0.05, 0.1) is 18.2 Å². The summed E-state index contributed by atoms with van der Waals surface area (Å²) in [6.45, 7) is 5.91. The average molecular weight is 370 g/mol. The normalized spacial score (nSPS) is 17.5. The Balaban J connectivity index is 0.00000208. The molecule has 0 spiro atoms. The summed E-state index contributed by atoms with van der Waals surface area (Å²) in [5.74, 6) is 0.802. The first-order valence-electron chi connectivity index (χ1n) is 7.73. The molecule has 2 aromatic rings. The third-order valence-electron chi connectivity index (χ3n) is 4.31. The van der Waals surface area contributed by atoms with Gasteiger partial charge >= 0.3 is 0 Å². The molecule has 0 bridgehead atoms. The maximum absolute atomic E-state index is 12.8. The van der Waals surface area contributed by atoms with Crippen molar-refractivity contribution >= 4 is 29.9 Å². The molecule has 1 fully saturated rings. The van der Waals surface area contributed by atoms with Gasteiger partial charge in [-0.1, -0.05) is 28.9 Å². The minimum atomic E-state index is -0.00424. The van der Waals surface area contributed by atoms with E-state index in [1.54, 1.807) is 0 Å². The molecule has 1 aromatic heterocycles. The first-order valence-corrected chi connectivity index (χ1v) is 8.11. The van der Waals surface area contributed by atoms with Crippen molar-refractivity contribution in [2.45, 2.75) is 26.3 Å². The number of aryl methyl sites for hydroxylation is 2. The molecule has 1 N–H and O–H groups in total. The van der Waals surface area contributed by atoms with Gasteiger partial charge in [-0.3, -0.25) is 4.79 Å². The van der Waals surface area contributed by atoms with Crippen LogP contribution in [0.4, 0.5) is 0 Å². The Morgan fingerprint density at radius 2 is 2.25 bits per heavy atom. The number of halogens is 2. The molecular formula is C17H21Cl2N3O2. The largest absolute Gasteiger partial charge is 0.361 e. The summed E-state index contributed by atoms with van der Waals surface area (Å²) in [7, 11) is 0. The maximum Gasteiger partial charge on any atom is 0.227 e. The second-order valence-electron chi connectivity index (χ2n) is 5.84. The fourth-order valence-corrected chi connectivity index (χ4v) is 3.22. The number of carbonyl (C=O) groups excluding carboxylic acids is 1. The van der Waals surface area contributed by atoms with Crippen molar-refractivity contribution < 1.29 is 9.32 Å². The van der Waals surface area contributed by atoms with E-state index in [0.717, 1.165) is 29.9 Å². The van der Waals surface area contributed by atoms with Crippen LogP contribution in [0.3, 0.4) is 0 Å². The second-order valence-corrected chi connectivity index (χ2v) is 6.28. The number of nitrogens with one attached hydrogen (secondary N) is 1. The molecule has 1 atom stereocenters. The van der Waals surface area contributed by atoms with Crippen LogP contribution in [0.2, 0.25) is 5.02 Å². The fraction of sp³-hybridized carbons (Fsp3) is 0.412. The molecule has 1 unspecified atom stereocenters. The Hall–Kier alpha value is -1.56. The lowest BCUT2D eigenvalue weighted by Crippen LogP contribution is -2.49. The van der Waals surface area contributed by atoms with Gasteiger partial charge in [-0.25, -0.2) is 0 Å². The zero-order valence-electron chi connectivity index (χ0n) is 13.7. The number of amides is 1. The van der Waals surface area contributed by atoms with Gasteiger partial charge in [-0.2, -0.15) is 0 Å². The van der Waals surface area contributed by atoms with Crippen molar-refractivity contribution in [3.63, 3.8) is 0 Å². The van der Waals surface area contributed by atoms with E-state index in [2.05, 4.69) is 10.5 Å². The van der Waals surface area contributed by atoms with Crippen molar-refractivity contribution in [1.82, 2.24) is 15.4 Å². The van der Waals surface area contributed by atoms with Crippen molar-refractivity contribution in [1.29, 1.82) is 0 Å². The smallest absolute Gasteiger partial charge is 0.227 e. The number of hydrogen-bond acceptors (Lipinski definition) is 4. The SMILES string of the molecule is Cc1noc(C)c1CC(=O)N1CCNCC1c1cccc(Cl)c1.Cl. The summed E-state index contributed by atoms with van der Waals surface area (Å²) >= 11 is 6.10. The van der Waals surface area contributed by atoms with Gasteiger partial charge in [0.2, 0.25) is 5.91 Å². The minimum absolute atomic E-state index is 0. The molecule has 1 aliphatic rings. The van der Waals surface area contributed by atoms with E-state index < -0.39 is 0 Å². The molecule has 130 valence electrons. The van der Waals surface area contributed by atoms with Crippen LogP contribution in [-0.2, 0) is 11.2 Å². The number of piperazine rings is 1. The predicted octanol–water partition coefficient (Wildman–Crippen LogP) is 3.08. The van der Waals surface area contributed by atoms with Crippen LogP contribution in [0.15, 0.2) is 28.8 Å². The van der Waals surface area contributed by atoms with E-state index in [1.807, 2.05) is 43.0 Å². The highest BCUT2D eigenvalue weighted by atomic mass is 35.5. The number of aromatic nitrogens is 1. The minimum Gasteiger partial charge on any atom is -0.361 e. The number of nitrogens with zero attached hydrogens (tertiary/aromatic N) is 2. The highest BCUT2D eigenvalue weighted by Crippen LogP contribution is 2.26. The standard InChI is InChI=1S/C17H20ClN3O2.ClH/c1-11-15(12(2)23-20-11)9-17(22)21-7-6-19-10-16(21)13-4-3-5-14(18)8-13;/h3-5,8,16,19H,6-7,9-10H2,1-2H3;1H. The van der Waals surface area contributed by atoms with Gasteiger partial charge in [0.25, 0.3) is 0 Å². The van der Waals surface area contributed by atoms with Crippen LogP contribution < -0.4 is 5.32 Å². The van der Waals surface area contributed by atoms with E-state index in [9.17, 15) is 4.79 Å². The highest BCUT2D eigenvalue weighted by Gasteiger charge is 2.29. The third kappa shape index (κ3) is 3.91. The van der Waals surface area contributed by atoms with Crippen LogP contribution in [0, 0.1) is 13.8 Å². The second kappa shape index (κ2) is 8.01. The molecule has 0 aliphatic carbocycles. The topological polar surface area (TPSA) is 58.4 Å². The highest BCUT2D eigenvalue weighted by molar-refractivity contribution is 6.30. The van der Waals surface area contributed by atoms with Crippen LogP contribution >= 0.6 is 24.0 Å². The van der Waals surface area contributed by atoms with E-state index in [4.69, 9.17) is 16.1 Å². The monoisotopic (exact) mass is 369 g/mol. The molecule has 1 aromatic carbocycles. The van der Waals surface area contributed by atoms with Crippen LogP contribution in [-0.4, -0.2) is 35.6 Å². The quantitative estimate of drug-likeness (QED) is 0.902. The van der Waals surface area contributed by atoms with Crippen molar-refractivity contribution in [2.75, 3.05) is 19.6 Å². The first kappa shape index (κ1) is 18.8. The Bertz CT molecular complexity index is 698. The summed E-state index contributed by atoms with van der Waals surface area (Å²) < 4.78 is 5.16. The van der Waals surface area contributed by atoms with Gasteiger partial charge in [0.15, 0.2) is 0 Å². The molecule has 7 heteroatoms. The summed E-state index contributed by atoms with van der Waals surface area (Å²) in [6, 6.07) is 7.70. The van der Waals surface area contributed by atoms with E-state index >= 15 is 0 Å². The van der Waals surface area contributed by atoms with Crippen molar-refractivity contribution in [3.05, 3.63) is 51.9 Å². The summed E-state index contributed by atoms with van der Waals surface area (Å²) in [5.41, 5.74) is 2.72. The molecule has 2 heterocycles. The lowest BCUT2D eigenvalue weighted by Gasteiger charge is -2.36. The zero-order valence-corrected chi connectivity index (χ0v) is 15.3. The molecule has 5 nitrogen and oxygen atoms in total. The molecule has 1 aliphatic heterocycles. The molecule has 3 rings (SSSR count). The molecule has 0 saturated carbocycles. The lowest BCUT2D eigenvalue weighted by molar-refractivity contribution is -0.133. The average Bonchev–Trinajstić information content (AvgIpc) is 2.87. The Morgan fingerprint density at radius 1 is 1.46 bits per heavy atom. The van der Waals surface area contributed by atoms with E-state index in [1.165, 1.54) is 0 Å². The lowest BCUT2D eigenvalue weighted by atomic mass is 10.0. The summed E-state index contributed by atoms with van der Waals surface area (Å²) in [5, 5.41) is 7.97. The van der Waals surface area contributed by atoms with Crippen LogP contribution in [0.5, 0.6) is 0 Å². The molecular weight excluding hydrogens is 349 g/mol. The van der Waals surface area contributed by atoms with Gasteiger partial charge < -0.3 is 14.7 Å². The summed E-state index contributed by atoms with van der Waals surface area (Å²) in [6.07, 6.45) is 0.318. The van der Waals surface area contributed by atoms with Crippen LogP contribution in [0.25, 0.3) is 0 Å². The first-order chi connectivity index (χ1) is 11.1. The van der Waals surface area contributed by atoms with Crippen LogP contribution in [0.1, 0.15) is 28.6 Å². The van der Waals surface area contributed by atoms with E-state index in [-0.39, 0.29) is 24.4 Å². The predicted molar refractivity (Wildman–Crippen MR) is 95.7 cm³/mol. The molecule has 1 amide bonds. The van der Waals surface area contributed by atoms with Crippen molar-refractivity contribution in [2.24, 2.45) is 0 Å². The number of carbonyl (C=O) groups is 1. The maximum atomic E-state index is 12.8. The van der Waals surface area contributed by atoms with E-state index in [0.29, 0.717) is 23.7 Å². The molecule has 0 radical (unpaired) electrons. The fourth-order valence-electron chi connectivity index (χ4n) is 3.02. The Kier molecular flexibility index (Phi) is 6.27. The molecule has 24 heavy (non-hydrogen) atoms. The third-order valence-corrected chi connectivity index (χ3v) is 4.54. The Labute approximate surface area is 152 Å².